The van der Waals surface area contributed by atoms with Crippen LogP contribution in [0.25, 0.3) is 0 Å². The third-order valence-corrected chi connectivity index (χ3v) is 2.80. The summed E-state index contributed by atoms with van der Waals surface area (Å²) >= 11 is 0. The third kappa shape index (κ3) is 7.16. The van der Waals surface area contributed by atoms with Crippen LogP contribution in [0.15, 0.2) is 24.3 Å². The Kier molecular flexibility index (Phi) is 6.97. The van der Waals surface area contributed by atoms with Crippen LogP contribution in [0.4, 0.5) is 18.0 Å². The van der Waals surface area contributed by atoms with Crippen LogP contribution < -0.4 is 15.4 Å². The fourth-order valence-corrected chi connectivity index (χ4v) is 1.61. The van der Waals surface area contributed by atoms with Crippen LogP contribution in [-0.2, 0) is 6.54 Å². The highest BCUT2D eigenvalue weighted by Crippen LogP contribution is 2.19. The van der Waals surface area contributed by atoms with Gasteiger partial charge in [-0.15, -0.1) is 0 Å². The molecule has 0 heterocycles. The Morgan fingerprint density at radius 3 is 2.73 bits per heavy atom. The molecule has 1 aromatic carbocycles. The lowest BCUT2D eigenvalue weighted by Gasteiger charge is -2.15. The number of nitrogens with one attached hydrogen (secondary N) is 2. The quantitative estimate of drug-likeness (QED) is 0.721. The van der Waals surface area contributed by atoms with Gasteiger partial charge in [-0.25, -0.2) is 4.79 Å². The molecule has 1 rings (SSSR count). The van der Waals surface area contributed by atoms with E-state index in [9.17, 15) is 18.0 Å². The number of carbonyl (C=O) groups excluding carboxylic acids is 1. The van der Waals surface area contributed by atoms with Crippen LogP contribution in [0.1, 0.15) is 18.9 Å². The molecule has 0 saturated heterocycles. The first kappa shape index (κ1) is 18.1. The highest BCUT2D eigenvalue weighted by atomic mass is 19.4. The zero-order valence-corrected chi connectivity index (χ0v) is 12.1. The van der Waals surface area contributed by atoms with Gasteiger partial charge in [0.2, 0.25) is 0 Å². The number of benzene rings is 1. The number of alkyl halides is 3. The first-order chi connectivity index (χ1) is 10.3. The minimum atomic E-state index is -4.40. The van der Waals surface area contributed by atoms with Crippen LogP contribution in [-0.4, -0.2) is 36.6 Å². The number of ether oxygens (including phenoxy) is 1. The first-order valence-corrected chi connectivity index (χ1v) is 6.77. The maximum absolute atomic E-state index is 12.1. The van der Waals surface area contributed by atoms with E-state index < -0.39 is 18.8 Å². The van der Waals surface area contributed by atoms with E-state index in [-0.39, 0.29) is 24.9 Å². The minimum absolute atomic E-state index is 0.0822. The first-order valence-electron chi connectivity index (χ1n) is 6.77. The normalized spacial score (nSPS) is 12.6. The van der Waals surface area contributed by atoms with Crippen molar-refractivity contribution in [2.45, 2.75) is 32.1 Å². The van der Waals surface area contributed by atoms with E-state index in [1.165, 1.54) is 12.1 Å². The largest absolute Gasteiger partial charge is 0.484 e. The molecule has 3 N–H and O–H groups in total. The average molecular weight is 320 g/mol. The standard InChI is InChI=1S/C14H19F3N2O3/c1-2-11(8-20)19-13(21)18-7-10-4-3-5-12(6-10)22-9-14(15,16)17/h3-6,11,20H,2,7-9H2,1H3,(H2,18,19,21). The molecule has 0 saturated carbocycles. The Balaban J connectivity index is 2.47. The van der Waals surface area contributed by atoms with Crippen molar-refractivity contribution in [3.05, 3.63) is 29.8 Å². The van der Waals surface area contributed by atoms with E-state index in [1.807, 2.05) is 6.92 Å². The van der Waals surface area contributed by atoms with Gasteiger partial charge < -0.3 is 20.5 Å². The minimum Gasteiger partial charge on any atom is -0.484 e. The molecule has 0 aromatic heterocycles. The SMILES string of the molecule is CCC(CO)NC(=O)NCc1cccc(OCC(F)(F)F)c1. The van der Waals surface area contributed by atoms with Gasteiger partial charge in [0.05, 0.1) is 12.6 Å². The van der Waals surface area contributed by atoms with E-state index in [1.54, 1.807) is 12.1 Å². The molecule has 0 aliphatic carbocycles. The summed E-state index contributed by atoms with van der Waals surface area (Å²) in [5.74, 6) is 0.0822. The lowest BCUT2D eigenvalue weighted by Crippen LogP contribution is -2.43. The Morgan fingerprint density at radius 2 is 2.14 bits per heavy atom. The summed E-state index contributed by atoms with van der Waals surface area (Å²) in [6, 6.07) is 5.25. The number of urea groups is 1. The van der Waals surface area contributed by atoms with Crippen LogP contribution in [0.3, 0.4) is 0 Å². The Morgan fingerprint density at radius 1 is 1.41 bits per heavy atom. The summed E-state index contributed by atoms with van der Waals surface area (Å²) < 4.78 is 40.9. The van der Waals surface area contributed by atoms with E-state index in [2.05, 4.69) is 15.4 Å². The summed E-state index contributed by atoms with van der Waals surface area (Å²) in [6.07, 6.45) is -3.81. The predicted molar refractivity (Wildman–Crippen MR) is 74.5 cm³/mol. The molecule has 0 aliphatic rings. The zero-order chi connectivity index (χ0) is 16.6. The number of hydrogen-bond donors (Lipinski definition) is 3. The smallest absolute Gasteiger partial charge is 0.422 e. The summed E-state index contributed by atoms with van der Waals surface area (Å²) in [4.78, 5) is 11.6. The zero-order valence-electron chi connectivity index (χ0n) is 12.1. The van der Waals surface area contributed by atoms with Gasteiger partial charge in [-0.05, 0) is 24.1 Å². The lowest BCUT2D eigenvalue weighted by atomic mass is 10.2. The maximum Gasteiger partial charge on any atom is 0.422 e. The number of carbonyl (C=O) groups is 1. The molecule has 0 bridgehead atoms. The second kappa shape index (κ2) is 8.47. The topological polar surface area (TPSA) is 70.6 Å². The molecule has 1 unspecified atom stereocenters. The third-order valence-electron chi connectivity index (χ3n) is 2.80. The van der Waals surface area contributed by atoms with Crippen molar-refractivity contribution in [1.29, 1.82) is 0 Å². The molecule has 5 nitrogen and oxygen atoms in total. The molecule has 124 valence electrons. The number of hydrogen-bond acceptors (Lipinski definition) is 3. The van der Waals surface area contributed by atoms with Crippen molar-refractivity contribution in [2.24, 2.45) is 0 Å². The van der Waals surface area contributed by atoms with Crippen LogP contribution >= 0.6 is 0 Å². The van der Waals surface area contributed by atoms with Gasteiger partial charge in [-0.2, -0.15) is 13.2 Å². The molecule has 0 aliphatic heterocycles. The van der Waals surface area contributed by atoms with Crippen molar-refractivity contribution >= 4 is 6.03 Å². The van der Waals surface area contributed by atoms with Gasteiger partial charge in [0.25, 0.3) is 0 Å². The molecule has 8 heteroatoms. The van der Waals surface area contributed by atoms with Crippen LogP contribution in [0.2, 0.25) is 0 Å². The number of aliphatic hydroxyl groups excluding tert-OH is 1. The molecular weight excluding hydrogens is 301 g/mol. The fourth-order valence-electron chi connectivity index (χ4n) is 1.61. The van der Waals surface area contributed by atoms with Crippen molar-refractivity contribution < 1.29 is 27.8 Å². The molecular formula is C14H19F3N2O3. The van der Waals surface area contributed by atoms with Gasteiger partial charge >= 0.3 is 12.2 Å². The molecule has 0 fully saturated rings. The maximum atomic E-state index is 12.1. The second-order valence-electron chi connectivity index (χ2n) is 4.67. The summed E-state index contributed by atoms with van der Waals surface area (Å²) in [7, 11) is 0. The predicted octanol–water partition coefficient (Wildman–Crippen LogP) is 2.20. The summed E-state index contributed by atoms with van der Waals surface area (Å²) in [5.41, 5.74) is 0.604. The highest BCUT2D eigenvalue weighted by Gasteiger charge is 2.28. The van der Waals surface area contributed by atoms with Crippen molar-refractivity contribution in [3.63, 3.8) is 0 Å². The fraction of sp³-hybridized carbons (Fsp3) is 0.500. The van der Waals surface area contributed by atoms with E-state index in [0.29, 0.717) is 12.0 Å². The summed E-state index contributed by atoms with van der Waals surface area (Å²) in [6.45, 7) is 0.434. The summed E-state index contributed by atoms with van der Waals surface area (Å²) in [5, 5.41) is 14.1. The number of aliphatic hydroxyl groups is 1. The van der Waals surface area contributed by atoms with Crippen molar-refractivity contribution in [2.75, 3.05) is 13.2 Å². The van der Waals surface area contributed by atoms with Gasteiger partial charge in [0.15, 0.2) is 6.61 Å². The molecule has 2 amide bonds. The van der Waals surface area contributed by atoms with E-state index in [4.69, 9.17) is 5.11 Å². The second-order valence-corrected chi connectivity index (χ2v) is 4.67. The van der Waals surface area contributed by atoms with Gasteiger partial charge in [0, 0.05) is 6.54 Å². The molecule has 1 atom stereocenters. The Bertz CT molecular complexity index is 477. The Labute approximate surface area is 126 Å². The van der Waals surface area contributed by atoms with E-state index in [0.717, 1.165) is 0 Å². The Hall–Kier alpha value is -1.96. The highest BCUT2D eigenvalue weighted by molar-refractivity contribution is 5.74. The molecule has 22 heavy (non-hydrogen) atoms. The number of rotatable bonds is 7. The average Bonchev–Trinajstić information content (AvgIpc) is 2.48. The van der Waals surface area contributed by atoms with Gasteiger partial charge in [0.1, 0.15) is 5.75 Å². The van der Waals surface area contributed by atoms with Crippen molar-refractivity contribution in [3.8, 4) is 5.75 Å². The van der Waals surface area contributed by atoms with Crippen LogP contribution in [0.5, 0.6) is 5.75 Å². The number of halogens is 3. The molecule has 0 spiro atoms. The molecule has 0 radical (unpaired) electrons. The molecule has 1 aromatic rings. The van der Waals surface area contributed by atoms with Gasteiger partial charge in [-0.1, -0.05) is 19.1 Å². The van der Waals surface area contributed by atoms with Crippen LogP contribution in [0, 0.1) is 0 Å². The monoisotopic (exact) mass is 320 g/mol. The van der Waals surface area contributed by atoms with Gasteiger partial charge in [-0.3, -0.25) is 0 Å². The lowest BCUT2D eigenvalue weighted by molar-refractivity contribution is -0.153. The van der Waals surface area contributed by atoms with E-state index >= 15 is 0 Å². The van der Waals surface area contributed by atoms with Crippen molar-refractivity contribution in [1.82, 2.24) is 10.6 Å². The number of amides is 2.